The lowest BCUT2D eigenvalue weighted by Crippen LogP contribution is -2.23. The second-order valence-electron chi connectivity index (χ2n) is 5.21. The molecule has 0 aliphatic carbocycles. The molecule has 128 valence electrons. The molecule has 0 aliphatic heterocycles. The van der Waals surface area contributed by atoms with Crippen LogP contribution < -0.4 is 15.9 Å². The van der Waals surface area contributed by atoms with Crippen LogP contribution in [0.2, 0.25) is 0 Å². The number of aromatic nitrogens is 3. The molecule has 0 bridgehead atoms. The summed E-state index contributed by atoms with van der Waals surface area (Å²) >= 11 is 1.24. The van der Waals surface area contributed by atoms with Crippen molar-refractivity contribution in [1.29, 1.82) is 0 Å². The summed E-state index contributed by atoms with van der Waals surface area (Å²) in [5.41, 5.74) is 0.687. The van der Waals surface area contributed by atoms with Crippen molar-refractivity contribution in [2.45, 2.75) is 17.3 Å². The topological polar surface area (TPSA) is 95.1 Å². The number of rotatable bonds is 6. The number of benzene rings is 2. The second kappa shape index (κ2) is 7.71. The molecule has 0 spiro atoms. The second-order valence-corrected chi connectivity index (χ2v) is 6.52. The van der Waals surface area contributed by atoms with Gasteiger partial charge in [0.15, 0.2) is 0 Å². The van der Waals surface area contributed by atoms with Crippen LogP contribution in [0.4, 0.5) is 5.69 Å². The maximum absolute atomic E-state index is 12.3. The standard InChI is InChI=1S/C17H17N5O2S/c1-12(25-17-21-19-11-22(17)18)16(23)20-13-7-9-15(10-8-13)24-14-5-3-2-4-6-14/h2-12H,18H2,1H3,(H,20,23)/t12-/m0/s1. The van der Waals surface area contributed by atoms with E-state index in [-0.39, 0.29) is 11.2 Å². The highest BCUT2D eigenvalue weighted by Crippen LogP contribution is 2.24. The maximum atomic E-state index is 12.3. The zero-order valence-electron chi connectivity index (χ0n) is 13.5. The van der Waals surface area contributed by atoms with Gasteiger partial charge in [-0.2, -0.15) is 0 Å². The molecule has 1 amide bonds. The Balaban J connectivity index is 1.57. The summed E-state index contributed by atoms with van der Waals surface area (Å²) in [6.45, 7) is 1.78. The largest absolute Gasteiger partial charge is 0.457 e. The fourth-order valence-electron chi connectivity index (χ4n) is 2.00. The quantitative estimate of drug-likeness (QED) is 0.521. The number of nitrogen functional groups attached to an aromatic ring is 1. The number of nitrogens with two attached hydrogens (primary N) is 1. The van der Waals surface area contributed by atoms with Crippen molar-refractivity contribution in [3.8, 4) is 11.5 Å². The summed E-state index contributed by atoms with van der Waals surface area (Å²) in [6, 6.07) is 16.7. The molecule has 8 heteroatoms. The first-order valence-electron chi connectivity index (χ1n) is 7.57. The molecule has 0 aliphatic rings. The number of anilines is 1. The summed E-state index contributed by atoms with van der Waals surface area (Å²) in [5, 5.41) is 10.5. The predicted octanol–water partition coefficient (Wildman–Crippen LogP) is 2.90. The number of carbonyl (C=O) groups excluding carboxylic acids is 1. The normalized spacial score (nSPS) is 11.7. The molecule has 7 nitrogen and oxygen atoms in total. The van der Waals surface area contributed by atoms with E-state index in [9.17, 15) is 4.79 Å². The molecular formula is C17H17N5O2S. The Hall–Kier alpha value is -3.00. The molecule has 1 atom stereocenters. The summed E-state index contributed by atoms with van der Waals surface area (Å²) in [6.07, 6.45) is 1.39. The number of hydrogen-bond acceptors (Lipinski definition) is 6. The van der Waals surface area contributed by atoms with Crippen LogP contribution in [0.15, 0.2) is 66.1 Å². The number of carbonyl (C=O) groups is 1. The number of nitrogens with one attached hydrogen (secondary N) is 1. The Labute approximate surface area is 149 Å². The molecule has 0 unspecified atom stereocenters. The first kappa shape index (κ1) is 16.8. The Morgan fingerprint density at radius 3 is 2.48 bits per heavy atom. The van der Waals surface area contributed by atoms with E-state index in [0.717, 1.165) is 5.75 Å². The van der Waals surface area contributed by atoms with Gasteiger partial charge in [0.1, 0.15) is 17.8 Å². The minimum atomic E-state index is -0.369. The van der Waals surface area contributed by atoms with E-state index in [0.29, 0.717) is 16.6 Å². The van der Waals surface area contributed by atoms with E-state index in [4.69, 9.17) is 10.6 Å². The molecule has 1 heterocycles. The van der Waals surface area contributed by atoms with Gasteiger partial charge < -0.3 is 15.9 Å². The van der Waals surface area contributed by atoms with Crippen molar-refractivity contribution in [3.63, 3.8) is 0 Å². The zero-order valence-corrected chi connectivity index (χ0v) is 14.3. The molecule has 1 aromatic heterocycles. The van der Waals surface area contributed by atoms with E-state index < -0.39 is 0 Å². The number of hydrogen-bond donors (Lipinski definition) is 2. The van der Waals surface area contributed by atoms with Crippen LogP contribution >= 0.6 is 11.8 Å². The fourth-order valence-corrected chi connectivity index (χ4v) is 2.75. The van der Waals surface area contributed by atoms with Gasteiger partial charge in [-0.05, 0) is 43.3 Å². The van der Waals surface area contributed by atoms with E-state index in [2.05, 4.69) is 15.5 Å². The summed E-state index contributed by atoms with van der Waals surface area (Å²) in [4.78, 5) is 12.3. The molecule has 0 fully saturated rings. The third kappa shape index (κ3) is 4.51. The van der Waals surface area contributed by atoms with Gasteiger partial charge in [-0.3, -0.25) is 4.79 Å². The van der Waals surface area contributed by atoms with Gasteiger partial charge in [-0.15, -0.1) is 10.2 Å². The van der Waals surface area contributed by atoms with Crippen LogP contribution in [-0.2, 0) is 4.79 Å². The van der Waals surface area contributed by atoms with E-state index >= 15 is 0 Å². The van der Waals surface area contributed by atoms with Crippen LogP contribution in [0.3, 0.4) is 0 Å². The maximum Gasteiger partial charge on any atom is 0.237 e. The minimum Gasteiger partial charge on any atom is -0.457 e. The number of amides is 1. The van der Waals surface area contributed by atoms with Crippen molar-refractivity contribution >= 4 is 23.4 Å². The first-order chi connectivity index (χ1) is 12.1. The van der Waals surface area contributed by atoms with Crippen molar-refractivity contribution in [1.82, 2.24) is 14.9 Å². The number of thioether (sulfide) groups is 1. The summed E-state index contributed by atoms with van der Waals surface area (Å²) in [7, 11) is 0. The van der Waals surface area contributed by atoms with Crippen molar-refractivity contribution in [3.05, 3.63) is 60.9 Å². The Morgan fingerprint density at radius 2 is 1.84 bits per heavy atom. The van der Waals surface area contributed by atoms with Crippen LogP contribution in [0, 0.1) is 0 Å². The first-order valence-corrected chi connectivity index (χ1v) is 8.45. The number of ether oxygens (including phenoxy) is 1. The van der Waals surface area contributed by atoms with Crippen LogP contribution in [0.1, 0.15) is 6.92 Å². The van der Waals surface area contributed by atoms with E-state index in [1.54, 1.807) is 31.2 Å². The van der Waals surface area contributed by atoms with Gasteiger partial charge in [0.25, 0.3) is 0 Å². The van der Waals surface area contributed by atoms with Gasteiger partial charge in [-0.25, -0.2) is 4.68 Å². The molecule has 0 saturated carbocycles. The Kier molecular flexibility index (Phi) is 5.20. The zero-order chi connectivity index (χ0) is 17.6. The highest BCUT2D eigenvalue weighted by atomic mass is 32.2. The lowest BCUT2D eigenvalue weighted by atomic mass is 10.3. The lowest BCUT2D eigenvalue weighted by Gasteiger charge is -2.12. The van der Waals surface area contributed by atoms with Gasteiger partial charge in [0, 0.05) is 5.69 Å². The van der Waals surface area contributed by atoms with Crippen LogP contribution in [-0.4, -0.2) is 26.0 Å². The van der Waals surface area contributed by atoms with Crippen molar-refractivity contribution in [2.75, 3.05) is 11.2 Å². The lowest BCUT2D eigenvalue weighted by molar-refractivity contribution is -0.115. The SMILES string of the molecule is C[C@H](Sc1nncn1N)C(=O)Nc1ccc(Oc2ccccc2)cc1. The molecule has 25 heavy (non-hydrogen) atoms. The number of para-hydroxylation sites is 1. The van der Waals surface area contributed by atoms with Gasteiger partial charge in [0.2, 0.25) is 11.1 Å². The predicted molar refractivity (Wildman–Crippen MR) is 97.1 cm³/mol. The van der Waals surface area contributed by atoms with Gasteiger partial charge in [0.05, 0.1) is 5.25 Å². The van der Waals surface area contributed by atoms with E-state index in [1.165, 1.54) is 22.8 Å². The Morgan fingerprint density at radius 1 is 1.16 bits per heavy atom. The highest BCUT2D eigenvalue weighted by molar-refractivity contribution is 8.00. The molecular weight excluding hydrogens is 338 g/mol. The van der Waals surface area contributed by atoms with Crippen LogP contribution in [0.5, 0.6) is 11.5 Å². The highest BCUT2D eigenvalue weighted by Gasteiger charge is 2.17. The average Bonchev–Trinajstić information content (AvgIpc) is 3.02. The van der Waals surface area contributed by atoms with Crippen molar-refractivity contribution in [2.24, 2.45) is 0 Å². The molecule has 0 saturated heterocycles. The van der Waals surface area contributed by atoms with Crippen molar-refractivity contribution < 1.29 is 9.53 Å². The number of nitrogens with zero attached hydrogens (tertiary/aromatic N) is 3. The van der Waals surface area contributed by atoms with Gasteiger partial charge in [-0.1, -0.05) is 30.0 Å². The molecule has 2 aromatic carbocycles. The smallest absolute Gasteiger partial charge is 0.237 e. The monoisotopic (exact) mass is 355 g/mol. The minimum absolute atomic E-state index is 0.148. The summed E-state index contributed by atoms with van der Waals surface area (Å²) in [5.74, 6) is 6.95. The average molecular weight is 355 g/mol. The molecule has 3 N–H and O–H groups in total. The molecule has 0 radical (unpaired) electrons. The van der Waals surface area contributed by atoms with E-state index in [1.807, 2.05) is 30.3 Å². The Bertz CT molecular complexity index is 836. The third-order valence-corrected chi connectivity index (χ3v) is 4.36. The van der Waals surface area contributed by atoms with Crippen LogP contribution in [0.25, 0.3) is 0 Å². The molecule has 3 aromatic rings. The fraction of sp³-hybridized carbons (Fsp3) is 0.118. The van der Waals surface area contributed by atoms with Gasteiger partial charge >= 0.3 is 0 Å². The third-order valence-electron chi connectivity index (χ3n) is 3.29. The summed E-state index contributed by atoms with van der Waals surface area (Å²) < 4.78 is 7.00. The molecule has 3 rings (SSSR count).